The lowest BCUT2D eigenvalue weighted by Crippen LogP contribution is -2.32. The minimum Gasteiger partial charge on any atom is -0.331 e. The third-order valence-corrected chi connectivity index (χ3v) is 5.69. The van der Waals surface area contributed by atoms with Gasteiger partial charge in [-0.25, -0.2) is 0 Å². The molecule has 0 heterocycles. The largest absolute Gasteiger partial charge is 0.331 e. The Hall–Kier alpha value is -1.36. The van der Waals surface area contributed by atoms with Crippen LogP contribution in [0.1, 0.15) is 28.8 Å². The van der Waals surface area contributed by atoms with E-state index in [1.54, 1.807) is 42.7 Å². The van der Waals surface area contributed by atoms with Crippen LogP contribution in [0.2, 0.25) is 10.0 Å². The molecule has 0 N–H and O–H groups in total. The van der Waals surface area contributed by atoms with Gasteiger partial charge < -0.3 is 4.90 Å². The predicted molar refractivity (Wildman–Crippen MR) is 98.1 cm³/mol. The van der Waals surface area contributed by atoms with Crippen molar-refractivity contribution >= 4 is 39.9 Å². The third-order valence-electron chi connectivity index (χ3n) is 4.02. The molecule has 3 rings (SSSR count). The van der Waals surface area contributed by atoms with Crippen molar-refractivity contribution in [2.45, 2.75) is 30.3 Å². The lowest BCUT2D eigenvalue weighted by atomic mass is 10.1. The average Bonchev–Trinajstić information content (AvgIpc) is 3.40. The maximum absolute atomic E-state index is 12.9. The smallest absolute Gasteiger partial charge is 0.254 e. The van der Waals surface area contributed by atoms with E-state index in [1.165, 1.54) is 0 Å². The number of hydrogen-bond acceptors (Lipinski definition) is 2. The minimum atomic E-state index is -1.05. The highest BCUT2D eigenvalue weighted by Crippen LogP contribution is 2.31. The van der Waals surface area contributed by atoms with Gasteiger partial charge >= 0.3 is 0 Å². The number of carbonyl (C=O) groups is 1. The molecule has 3 nitrogen and oxygen atoms in total. The summed E-state index contributed by atoms with van der Waals surface area (Å²) in [4.78, 5) is 15.4. The molecule has 0 aliphatic heterocycles. The Bertz CT molecular complexity index is 788. The maximum Gasteiger partial charge on any atom is 0.254 e. The first-order valence-corrected chi connectivity index (χ1v) is 9.95. The summed E-state index contributed by atoms with van der Waals surface area (Å²) in [6, 6.07) is 12.7. The van der Waals surface area contributed by atoms with Gasteiger partial charge in [-0.2, -0.15) is 0 Å². The van der Waals surface area contributed by atoms with E-state index < -0.39 is 10.8 Å². The van der Waals surface area contributed by atoms with E-state index in [1.807, 2.05) is 11.0 Å². The van der Waals surface area contributed by atoms with E-state index in [2.05, 4.69) is 0 Å². The molecule has 126 valence electrons. The summed E-state index contributed by atoms with van der Waals surface area (Å²) in [7, 11) is -1.05. The Kier molecular flexibility index (Phi) is 5.28. The van der Waals surface area contributed by atoms with E-state index in [4.69, 9.17) is 23.2 Å². The third kappa shape index (κ3) is 4.00. The van der Waals surface area contributed by atoms with Crippen LogP contribution >= 0.6 is 23.2 Å². The van der Waals surface area contributed by atoms with Crippen LogP contribution in [0.25, 0.3) is 0 Å². The number of carbonyl (C=O) groups excluding carboxylic acids is 1. The molecule has 1 aliphatic rings. The van der Waals surface area contributed by atoms with Crippen LogP contribution in [0.4, 0.5) is 0 Å². The summed E-state index contributed by atoms with van der Waals surface area (Å²) >= 11 is 12.0. The van der Waals surface area contributed by atoms with Crippen molar-refractivity contribution in [3.8, 4) is 0 Å². The Morgan fingerprint density at radius 2 is 1.79 bits per heavy atom. The molecular weight excluding hydrogens is 365 g/mol. The van der Waals surface area contributed by atoms with Gasteiger partial charge in [0, 0.05) is 40.1 Å². The number of hydrogen-bond donors (Lipinski definition) is 0. The molecule has 0 bridgehead atoms. The number of nitrogens with zero attached hydrogens (tertiary/aromatic N) is 1. The fourth-order valence-electron chi connectivity index (χ4n) is 2.54. The highest BCUT2D eigenvalue weighted by atomic mass is 35.5. The summed E-state index contributed by atoms with van der Waals surface area (Å²) in [6.07, 6.45) is 3.66. The van der Waals surface area contributed by atoms with E-state index in [0.29, 0.717) is 27.0 Å². The van der Waals surface area contributed by atoms with Gasteiger partial charge in [0.2, 0.25) is 0 Å². The first kappa shape index (κ1) is 17.5. The molecule has 0 radical (unpaired) electrons. The molecule has 1 amide bonds. The topological polar surface area (TPSA) is 37.4 Å². The van der Waals surface area contributed by atoms with E-state index in [9.17, 15) is 9.00 Å². The van der Waals surface area contributed by atoms with Gasteiger partial charge in [0.15, 0.2) is 0 Å². The second-order valence-electron chi connectivity index (χ2n) is 5.89. The van der Waals surface area contributed by atoms with Gasteiger partial charge in [-0.05, 0) is 54.8 Å². The molecule has 2 aromatic rings. The van der Waals surface area contributed by atoms with Gasteiger partial charge in [0.25, 0.3) is 5.91 Å². The van der Waals surface area contributed by atoms with Gasteiger partial charge in [0.05, 0.1) is 10.0 Å². The maximum atomic E-state index is 12.9. The average molecular weight is 382 g/mol. The fraction of sp³-hybridized carbons (Fsp3) is 0.278. The van der Waals surface area contributed by atoms with Crippen LogP contribution in [-0.4, -0.2) is 27.3 Å². The SMILES string of the molecule is CS(=O)c1ccc(C(=O)N(Cc2ccc(Cl)c(Cl)c2)C2CC2)cc1. The normalized spacial score (nSPS) is 15.1. The van der Waals surface area contributed by atoms with Gasteiger partial charge in [-0.15, -0.1) is 0 Å². The van der Waals surface area contributed by atoms with E-state index in [0.717, 1.165) is 18.4 Å². The monoisotopic (exact) mass is 381 g/mol. The first-order chi connectivity index (χ1) is 11.5. The Morgan fingerprint density at radius 1 is 1.12 bits per heavy atom. The van der Waals surface area contributed by atoms with Crippen LogP contribution in [0, 0.1) is 0 Å². The summed E-state index contributed by atoms with van der Waals surface area (Å²) in [5, 5.41) is 1.00. The van der Waals surface area contributed by atoms with Crippen molar-refractivity contribution < 1.29 is 9.00 Å². The molecule has 2 aromatic carbocycles. The summed E-state index contributed by atoms with van der Waals surface area (Å²) in [6.45, 7) is 0.502. The van der Waals surface area contributed by atoms with Crippen LogP contribution in [-0.2, 0) is 17.3 Å². The zero-order valence-corrected chi connectivity index (χ0v) is 15.5. The lowest BCUT2D eigenvalue weighted by molar-refractivity contribution is 0.0730. The van der Waals surface area contributed by atoms with Crippen molar-refractivity contribution in [1.82, 2.24) is 4.90 Å². The fourth-order valence-corrected chi connectivity index (χ4v) is 3.38. The Balaban J connectivity index is 1.81. The number of halogens is 2. The molecule has 6 heteroatoms. The van der Waals surface area contributed by atoms with Crippen LogP contribution in [0.3, 0.4) is 0 Å². The van der Waals surface area contributed by atoms with Gasteiger partial charge in [-0.3, -0.25) is 9.00 Å². The van der Waals surface area contributed by atoms with Crippen molar-refractivity contribution in [3.63, 3.8) is 0 Å². The molecule has 1 fully saturated rings. The zero-order valence-electron chi connectivity index (χ0n) is 13.2. The molecule has 1 atom stereocenters. The summed E-state index contributed by atoms with van der Waals surface area (Å²) in [5.74, 6) is -0.0167. The quantitative estimate of drug-likeness (QED) is 0.762. The molecule has 1 aliphatic carbocycles. The van der Waals surface area contributed by atoms with E-state index >= 15 is 0 Å². The lowest BCUT2D eigenvalue weighted by Gasteiger charge is -2.23. The highest BCUT2D eigenvalue weighted by molar-refractivity contribution is 7.84. The van der Waals surface area contributed by atoms with Crippen molar-refractivity contribution in [3.05, 3.63) is 63.6 Å². The second kappa shape index (κ2) is 7.26. The molecule has 24 heavy (non-hydrogen) atoms. The van der Waals surface area contributed by atoms with Crippen LogP contribution < -0.4 is 0 Å². The van der Waals surface area contributed by atoms with Crippen LogP contribution in [0.5, 0.6) is 0 Å². The number of amides is 1. The zero-order chi connectivity index (χ0) is 17.3. The number of benzene rings is 2. The molecule has 1 saturated carbocycles. The number of rotatable bonds is 5. The van der Waals surface area contributed by atoms with Crippen molar-refractivity contribution in [2.24, 2.45) is 0 Å². The molecule has 0 spiro atoms. The molecule has 0 saturated heterocycles. The minimum absolute atomic E-state index is 0.0167. The standard InChI is InChI=1S/C18H17Cl2NO2S/c1-24(23)15-7-3-13(4-8-15)18(22)21(14-5-6-14)11-12-2-9-16(19)17(20)10-12/h2-4,7-10,14H,5-6,11H2,1H3. The summed E-state index contributed by atoms with van der Waals surface area (Å²) < 4.78 is 11.5. The van der Waals surface area contributed by atoms with Gasteiger partial charge in [-0.1, -0.05) is 29.3 Å². The first-order valence-electron chi connectivity index (χ1n) is 7.64. The Morgan fingerprint density at radius 3 is 2.33 bits per heavy atom. The molecular formula is C18H17Cl2NO2S. The molecule has 1 unspecified atom stereocenters. The predicted octanol–water partition coefficient (Wildman–Crippen LogP) is 4.54. The van der Waals surface area contributed by atoms with Crippen molar-refractivity contribution in [2.75, 3.05) is 6.26 Å². The van der Waals surface area contributed by atoms with Gasteiger partial charge in [0.1, 0.15) is 0 Å². The van der Waals surface area contributed by atoms with E-state index in [-0.39, 0.29) is 11.9 Å². The highest BCUT2D eigenvalue weighted by Gasteiger charge is 2.33. The summed E-state index contributed by atoms with van der Waals surface area (Å²) in [5.41, 5.74) is 1.56. The van der Waals surface area contributed by atoms with Crippen molar-refractivity contribution in [1.29, 1.82) is 0 Å². The second-order valence-corrected chi connectivity index (χ2v) is 8.09. The Labute approximate surface area is 154 Å². The molecule has 0 aromatic heterocycles. The van der Waals surface area contributed by atoms with Crippen LogP contribution in [0.15, 0.2) is 47.4 Å².